The molecule has 1 unspecified atom stereocenters. The van der Waals surface area contributed by atoms with Crippen LogP contribution in [0.2, 0.25) is 296 Å². The van der Waals surface area contributed by atoms with Crippen molar-refractivity contribution in [1.82, 2.24) is 0 Å². The summed E-state index contributed by atoms with van der Waals surface area (Å²) in [4.78, 5) is 0. The van der Waals surface area contributed by atoms with Gasteiger partial charge in [-0.3, -0.25) is 0 Å². The standard InChI is InChI=1S/C17H42O5Si3.C16H40O5Si3.C16H38O4Si2.C15H38O5Si3.C14H36O5Si3.C13H34O5Si3/c1-9-11-17(14-18,15-19)16-20-12-10-13-25(8,21-23(2,3)4)22-24(5,6)7;1-9-16(13-17,14-18)15-19-11-10-12-24(8,20-22(2,3)4)21-23(5,6)7;1-6-21(7-2,8-3)20-22(9-4,10-5)13-11-12-19-15-16(18)14-17;1-15(12-16,13-17)14-18-10-9-11-23(8,19-21(2,3)4)20-22(5,6)7;1-20(2,3)18-22(7,19-21(4,5)6)10-8-9-17-13-14(11-15)12-16;1-19(2,3)17-21(7,18-20(4,5)6)10-8-9-16-13(11-14)12-15/h18-19H,9-16H2,1-8H3;17-18H,9-15H2,1-8H3;16-18H,6-15H2,1-5H3;16-17H,9-14H2,1-8H3;14-16H,8-13H2,1-7H3;13-15H,8-12H2,1-7H3. The largest absolute Gasteiger partial charge is 0.455 e. The van der Waals surface area contributed by atoms with Crippen molar-refractivity contribution in [3.63, 3.8) is 0 Å². The first kappa shape index (κ1) is 150. The van der Waals surface area contributed by atoms with Gasteiger partial charge >= 0.3 is 42.8 Å². The second-order valence-electron chi connectivity index (χ2n) is 48.8. The number of hydrogen-bond acceptors (Lipinski definition) is 29. The quantitative estimate of drug-likeness (QED) is 0.0199. The Labute approximate surface area is 859 Å². The fourth-order valence-electron chi connectivity index (χ4n) is 15.7. The molecule has 0 rings (SSSR count). The summed E-state index contributed by atoms with van der Waals surface area (Å²) >= 11 is 0. The third-order valence-electron chi connectivity index (χ3n) is 21.3. The summed E-state index contributed by atoms with van der Waals surface area (Å²) in [5.74, 6) is -0.180. The van der Waals surface area contributed by atoms with Crippen molar-refractivity contribution in [3.05, 3.63) is 0 Å². The molecule has 46 heteroatoms. The van der Waals surface area contributed by atoms with E-state index in [0.29, 0.717) is 72.5 Å². The van der Waals surface area contributed by atoms with Crippen LogP contribution in [-0.2, 0) is 73.7 Å². The van der Waals surface area contributed by atoms with Crippen molar-refractivity contribution >= 4 is 143 Å². The van der Waals surface area contributed by atoms with Crippen LogP contribution in [0.25, 0.3) is 0 Å². The van der Waals surface area contributed by atoms with Crippen LogP contribution in [0.4, 0.5) is 0 Å². The molecule has 0 spiro atoms. The summed E-state index contributed by atoms with van der Waals surface area (Å²) in [6.07, 6.45) is 6.51. The van der Waals surface area contributed by atoms with E-state index in [9.17, 15) is 35.7 Å². The molecular formula is C91H228O29Si17. The highest BCUT2D eigenvalue weighted by atomic mass is 28.5. The van der Waals surface area contributed by atoms with E-state index in [1.807, 2.05) is 13.8 Å². The first-order valence-corrected chi connectivity index (χ1v) is 103. The number of aliphatic hydroxyl groups is 12. The van der Waals surface area contributed by atoms with Gasteiger partial charge in [-0.2, -0.15) is 0 Å². The fraction of sp³-hybridized carbons (Fsp3) is 1.00. The Bertz CT molecular complexity index is 2770. The lowest BCUT2D eigenvalue weighted by atomic mass is 9.86. The van der Waals surface area contributed by atoms with Crippen LogP contribution < -0.4 is 0 Å². The topological polar surface area (TPSA) is 400 Å². The second-order valence-corrected chi connectivity index (χ2v) is 123. The zero-order valence-corrected chi connectivity index (χ0v) is 114. The Morgan fingerprint density at radius 1 is 0.248 bits per heavy atom. The van der Waals surface area contributed by atoms with Crippen molar-refractivity contribution in [3.8, 4) is 0 Å². The Morgan fingerprint density at radius 2 is 0.489 bits per heavy atom. The molecular weight excluding hydrogens is 2030 g/mol. The maximum atomic E-state index is 9.58. The highest BCUT2D eigenvalue weighted by Gasteiger charge is 2.47. The average Bonchev–Trinajstić information content (AvgIpc) is 0.824. The van der Waals surface area contributed by atoms with E-state index >= 15 is 0 Å². The van der Waals surface area contributed by atoms with Gasteiger partial charge in [0.1, 0.15) is 12.2 Å². The molecule has 0 saturated carbocycles. The SMILES string of the molecule is CC(CO)(CO)COCCC[Si](C)(O[Si](C)(C)C)O[Si](C)(C)C.CCC(CO)(CO)COCCC[Si](C)(O[Si](C)(C)C)O[Si](C)(C)C.CCCC(CO)(CO)COCCC[Si](C)(O[Si](C)(C)C)O[Si](C)(C)C.CC[Si](CC)(CC)O[Si](CC)(CC)CCCOCC(O)CO.C[Si](C)(C)O[Si](C)(CCCOC(CO)CO)O[Si](C)(C)C.C[Si](C)(C)O[Si](C)(CCCOCC(CO)CO)O[Si](C)(C)C. The minimum absolute atomic E-state index is 0.0404. The summed E-state index contributed by atoms with van der Waals surface area (Å²) in [6, 6.07) is 11.7. The van der Waals surface area contributed by atoms with Gasteiger partial charge in [0.2, 0.25) is 0 Å². The van der Waals surface area contributed by atoms with E-state index in [0.717, 1.165) is 87.6 Å². The van der Waals surface area contributed by atoms with Crippen molar-refractivity contribution < 1.29 is 135 Å². The van der Waals surface area contributed by atoms with Gasteiger partial charge in [-0.1, -0.05) is 61.8 Å². The Kier molecular flexibility index (Phi) is 79.1. The van der Waals surface area contributed by atoms with E-state index in [2.05, 4.69) is 271 Å². The van der Waals surface area contributed by atoms with Crippen molar-refractivity contribution in [2.75, 3.05) is 145 Å². The molecule has 0 fully saturated rings. The molecule has 0 aliphatic carbocycles. The maximum Gasteiger partial charge on any atom is 0.314 e. The second kappa shape index (κ2) is 72.2. The van der Waals surface area contributed by atoms with E-state index in [1.165, 1.54) is 30.2 Å². The van der Waals surface area contributed by atoms with Crippen LogP contribution in [0.15, 0.2) is 0 Å². The van der Waals surface area contributed by atoms with Gasteiger partial charge in [0.05, 0.1) is 106 Å². The Balaban J connectivity index is -0.000000376. The molecule has 0 aromatic carbocycles. The van der Waals surface area contributed by atoms with Crippen LogP contribution in [-0.4, -0.2) is 361 Å². The van der Waals surface area contributed by atoms with E-state index in [4.69, 9.17) is 99.2 Å². The molecule has 0 bridgehead atoms. The number of aliphatic hydroxyl groups excluding tert-OH is 12. The van der Waals surface area contributed by atoms with Gasteiger partial charge in [0, 0.05) is 61.8 Å². The van der Waals surface area contributed by atoms with Crippen LogP contribution in [0.5, 0.6) is 0 Å². The highest BCUT2D eigenvalue weighted by molar-refractivity contribution is 6.91. The fourth-order valence-corrected chi connectivity index (χ4v) is 88.7. The van der Waals surface area contributed by atoms with Gasteiger partial charge in [0.25, 0.3) is 0 Å². The van der Waals surface area contributed by atoms with Crippen LogP contribution in [0, 0.1) is 22.2 Å². The summed E-state index contributed by atoms with van der Waals surface area (Å²) in [5, 5.41) is 111. The first-order chi connectivity index (χ1) is 62.1. The third-order valence-corrected chi connectivity index (χ3v) is 80.6. The lowest BCUT2D eigenvalue weighted by molar-refractivity contribution is -0.0330. The number of rotatable bonds is 76. The minimum atomic E-state index is -2.20. The van der Waals surface area contributed by atoms with Gasteiger partial charge < -0.3 is 135 Å². The summed E-state index contributed by atoms with van der Waals surface area (Å²) < 4.78 is 105. The average molecular weight is 2260 g/mol. The zero-order chi connectivity index (χ0) is 108. The molecule has 29 nitrogen and oxygen atoms in total. The smallest absolute Gasteiger partial charge is 0.314 e. The highest BCUT2D eigenvalue weighted by Crippen LogP contribution is 2.36. The summed E-state index contributed by atoms with van der Waals surface area (Å²) in [5.41, 5.74) is -1.60. The molecule has 1 atom stereocenters. The van der Waals surface area contributed by atoms with Gasteiger partial charge in [0.15, 0.2) is 99.8 Å². The predicted octanol–water partition coefficient (Wildman–Crippen LogP) is 19.7. The van der Waals surface area contributed by atoms with Crippen LogP contribution in [0.3, 0.4) is 0 Å². The molecule has 0 amide bonds. The molecule has 137 heavy (non-hydrogen) atoms. The first-order valence-electron chi connectivity index (χ1n) is 51.7. The lowest BCUT2D eigenvalue weighted by Crippen LogP contribution is -2.52. The van der Waals surface area contributed by atoms with Crippen LogP contribution >= 0.6 is 0 Å². The summed E-state index contributed by atoms with van der Waals surface area (Å²) in [6.45, 7) is 98.7. The molecule has 834 valence electrons. The minimum Gasteiger partial charge on any atom is -0.455 e. The van der Waals surface area contributed by atoms with E-state index in [-0.39, 0.29) is 85.2 Å². The molecule has 0 radical (unpaired) electrons. The molecule has 0 aliphatic rings. The number of ether oxygens (including phenoxy) is 6. The van der Waals surface area contributed by atoms with Gasteiger partial charge in [-0.25, -0.2) is 0 Å². The Hall–Kier alpha value is 2.53. The Morgan fingerprint density at radius 3 is 0.708 bits per heavy atom. The normalized spacial score (nSPS) is 14.2. The molecule has 0 aromatic heterocycles. The van der Waals surface area contributed by atoms with Crippen molar-refractivity contribution in [1.29, 1.82) is 0 Å². The zero-order valence-electron chi connectivity index (χ0n) is 96.7. The van der Waals surface area contributed by atoms with Crippen LogP contribution in [0.1, 0.15) is 113 Å². The molecule has 0 heterocycles. The third kappa shape index (κ3) is 84.8. The lowest BCUT2D eigenvalue weighted by Gasteiger charge is -2.41. The number of hydrogen-bond donors (Lipinski definition) is 12. The molecule has 0 saturated heterocycles. The monoisotopic (exact) mass is 2260 g/mol. The maximum absolute atomic E-state index is 9.58. The van der Waals surface area contributed by atoms with Crippen molar-refractivity contribution in [2.45, 2.75) is 421 Å². The van der Waals surface area contributed by atoms with Gasteiger partial charge in [-0.05, 0) is 347 Å². The predicted molar refractivity (Wildman–Crippen MR) is 613 cm³/mol. The molecule has 12 N–H and O–H groups in total. The van der Waals surface area contributed by atoms with E-state index < -0.39 is 171 Å². The van der Waals surface area contributed by atoms with Crippen molar-refractivity contribution in [2.24, 2.45) is 22.2 Å². The molecule has 0 aromatic rings. The van der Waals surface area contributed by atoms with Gasteiger partial charge in [-0.15, -0.1) is 0 Å². The van der Waals surface area contributed by atoms with E-state index in [1.54, 1.807) is 0 Å². The summed E-state index contributed by atoms with van der Waals surface area (Å²) in [7, 11) is -30.7. The molecule has 0 aliphatic heterocycles.